The number of ether oxygens (including phenoxy) is 1. The number of methoxy groups -OCH3 is 1. The fourth-order valence-electron chi connectivity index (χ4n) is 1.36. The van der Waals surface area contributed by atoms with Gasteiger partial charge in [-0.3, -0.25) is 0 Å². The fraction of sp³-hybridized carbons (Fsp3) is 0.333. The van der Waals surface area contributed by atoms with Crippen LogP contribution in [0.5, 0.6) is 0 Å². The predicted molar refractivity (Wildman–Crippen MR) is 66.7 cm³/mol. The van der Waals surface area contributed by atoms with Crippen molar-refractivity contribution in [3.63, 3.8) is 0 Å². The average Bonchev–Trinajstić information content (AvgIpc) is 2.41. The van der Waals surface area contributed by atoms with Crippen LogP contribution >= 0.6 is 0 Å². The van der Waals surface area contributed by atoms with E-state index in [9.17, 15) is 4.79 Å². The Morgan fingerprint density at radius 3 is 2.89 bits per heavy atom. The molecule has 6 heteroatoms. The fourth-order valence-corrected chi connectivity index (χ4v) is 1.36. The van der Waals surface area contributed by atoms with Crippen LogP contribution in [0.1, 0.15) is 25.1 Å². The van der Waals surface area contributed by atoms with Gasteiger partial charge in [-0.1, -0.05) is 11.2 Å². The Labute approximate surface area is 105 Å². The molecule has 18 heavy (non-hydrogen) atoms. The second-order valence-electron chi connectivity index (χ2n) is 3.21. The number of esters is 1. The van der Waals surface area contributed by atoms with Crippen molar-refractivity contribution in [1.29, 1.82) is 0 Å². The quantitative estimate of drug-likeness (QED) is 0.343. The van der Waals surface area contributed by atoms with Crippen LogP contribution in [0.25, 0.3) is 5.57 Å². The Hall–Kier alpha value is -2.24. The maximum atomic E-state index is 11.6. The lowest BCUT2D eigenvalue weighted by Gasteiger charge is -2.08. The number of hydrogen-bond acceptors (Lipinski definition) is 6. The molecule has 1 aromatic rings. The molecule has 96 valence electrons. The smallest absolute Gasteiger partial charge is 0.338 e. The van der Waals surface area contributed by atoms with E-state index in [-0.39, 0.29) is 6.61 Å². The van der Waals surface area contributed by atoms with Crippen LogP contribution in [0.15, 0.2) is 23.8 Å². The van der Waals surface area contributed by atoms with Gasteiger partial charge in [-0.25, -0.2) is 14.8 Å². The molecular weight excluding hydrogens is 234 g/mol. The van der Waals surface area contributed by atoms with Gasteiger partial charge in [-0.2, -0.15) is 0 Å². The van der Waals surface area contributed by atoms with Crippen LogP contribution < -0.4 is 0 Å². The van der Waals surface area contributed by atoms with Crippen molar-refractivity contribution in [3.8, 4) is 0 Å². The van der Waals surface area contributed by atoms with Gasteiger partial charge in [0.1, 0.15) is 6.33 Å². The predicted octanol–water partition coefficient (Wildman–Crippen LogP) is 1.58. The summed E-state index contributed by atoms with van der Waals surface area (Å²) in [4.78, 5) is 24.6. The van der Waals surface area contributed by atoms with Gasteiger partial charge >= 0.3 is 5.97 Å². The molecule has 0 atom stereocenters. The van der Waals surface area contributed by atoms with Crippen LogP contribution in [0.4, 0.5) is 0 Å². The third kappa shape index (κ3) is 3.38. The minimum atomic E-state index is -0.437. The second kappa shape index (κ2) is 7.16. The summed E-state index contributed by atoms with van der Waals surface area (Å²) in [5.74, 6) is -0.437. The summed E-state index contributed by atoms with van der Waals surface area (Å²) in [6, 6.07) is 0. The SMILES string of the molecule is CC=NOCc1ncncc1/C(=C\C)C(=O)OC. The van der Waals surface area contributed by atoms with Crippen molar-refractivity contribution >= 4 is 17.8 Å². The molecule has 0 aliphatic carbocycles. The highest BCUT2D eigenvalue weighted by atomic mass is 16.6. The first-order valence-electron chi connectivity index (χ1n) is 5.38. The molecule has 0 fully saturated rings. The zero-order valence-electron chi connectivity index (χ0n) is 10.6. The first kappa shape index (κ1) is 13.8. The van der Waals surface area contributed by atoms with Crippen molar-refractivity contribution in [3.05, 3.63) is 29.9 Å². The normalized spacial score (nSPS) is 11.6. The van der Waals surface area contributed by atoms with Crippen LogP contribution in [0, 0.1) is 0 Å². The van der Waals surface area contributed by atoms with Crippen LogP contribution in [0.2, 0.25) is 0 Å². The topological polar surface area (TPSA) is 73.7 Å². The van der Waals surface area contributed by atoms with E-state index < -0.39 is 5.97 Å². The first-order chi connectivity index (χ1) is 8.74. The summed E-state index contributed by atoms with van der Waals surface area (Å²) < 4.78 is 4.71. The summed E-state index contributed by atoms with van der Waals surface area (Å²) in [7, 11) is 1.33. The summed E-state index contributed by atoms with van der Waals surface area (Å²) in [5.41, 5.74) is 1.56. The standard InChI is InChI=1S/C12H15N3O3/c1-4-9(12(16)17-3)10-6-13-8-14-11(10)7-18-15-5-2/h4-6,8H,7H2,1-3H3/b9-4+,15-5?. The number of allylic oxidation sites excluding steroid dienone is 1. The van der Waals surface area contributed by atoms with Gasteiger partial charge in [0, 0.05) is 18.0 Å². The Bertz CT molecular complexity index is 469. The number of nitrogens with zero attached hydrogens (tertiary/aromatic N) is 3. The third-order valence-electron chi connectivity index (χ3n) is 2.16. The number of carbonyl (C=O) groups excluding carboxylic acids is 1. The highest BCUT2D eigenvalue weighted by Crippen LogP contribution is 2.18. The molecular formula is C12H15N3O3. The molecule has 0 aliphatic rings. The minimum absolute atomic E-state index is 0.163. The zero-order valence-corrected chi connectivity index (χ0v) is 10.6. The molecule has 6 nitrogen and oxygen atoms in total. The van der Waals surface area contributed by atoms with Gasteiger partial charge in [0.2, 0.25) is 0 Å². The van der Waals surface area contributed by atoms with Gasteiger partial charge in [0.25, 0.3) is 0 Å². The lowest BCUT2D eigenvalue weighted by molar-refractivity contribution is -0.133. The number of aromatic nitrogens is 2. The van der Waals surface area contributed by atoms with E-state index in [0.717, 1.165) is 0 Å². The molecule has 1 rings (SSSR count). The second-order valence-corrected chi connectivity index (χ2v) is 3.21. The van der Waals surface area contributed by atoms with Crippen molar-refractivity contribution in [1.82, 2.24) is 9.97 Å². The molecule has 0 saturated carbocycles. The van der Waals surface area contributed by atoms with E-state index >= 15 is 0 Å². The Morgan fingerprint density at radius 2 is 2.28 bits per heavy atom. The highest BCUT2D eigenvalue weighted by molar-refractivity contribution is 6.16. The molecule has 0 amide bonds. The van der Waals surface area contributed by atoms with Crippen LogP contribution in [-0.2, 0) is 21.0 Å². The molecule has 0 aromatic carbocycles. The molecule has 0 bridgehead atoms. The highest BCUT2D eigenvalue weighted by Gasteiger charge is 2.16. The third-order valence-corrected chi connectivity index (χ3v) is 2.16. The van der Waals surface area contributed by atoms with E-state index in [1.54, 1.807) is 26.1 Å². The van der Waals surface area contributed by atoms with Gasteiger partial charge in [0.05, 0.1) is 18.4 Å². The van der Waals surface area contributed by atoms with Crippen molar-refractivity contribution in [2.75, 3.05) is 7.11 Å². The largest absolute Gasteiger partial charge is 0.465 e. The summed E-state index contributed by atoms with van der Waals surface area (Å²) in [6.07, 6.45) is 6.12. The molecule has 0 radical (unpaired) electrons. The number of rotatable bonds is 5. The molecule has 0 saturated heterocycles. The molecule has 1 heterocycles. The van der Waals surface area contributed by atoms with Crippen molar-refractivity contribution in [2.24, 2.45) is 5.16 Å². The lowest BCUT2D eigenvalue weighted by atomic mass is 10.1. The van der Waals surface area contributed by atoms with E-state index in [4.69, 9.17) is 9.57 Å². The molecule has 0 aliphatic heterocycles. The van der Waals surface area contributed by atoms with E-state index in [1.807, 2.05) is 0 Å². The number of carbonyl (C=O) groups is 1. The molecule has 0 N–H and O–H groups in total. The van der Waals surface area contributed by atoms with Crippen molar-refractivity contribution in [2.45, 2.75) is 20.5 Å². The van der Waals surface area contributed by atoms with E-state index in [1.165, 1.54) is 19.7 Å². The Balaban J connectivity index is 3.03. The summed E-state index contributed by atoms with van der Waals surface area (Å²) >= 11 is 0. The molecule has 1 aromatic heterocycles. The van der Waals surface area contributed by atoms with E-state index in [2.05, 4.69) is 15.1 Å². The first-order valence-corrected chi connectivity index (χ1v) is 5.38. The summed E-state index contributed by atoms with van der Waals surface area (Å²) in [5, 5.41) is 3.64. The van der Waals surface area contributed by atoms with Gasteiger partial charge < -0.3 is 9.57 Å². The van der Waals surface area contributed by atoms with Gasteiger partial charge in [0.15, 0.2) is 6.61 Å². The number of hydrogen-bond donors (Lipinski definition) is 0. The zero-order chi connectivity index (χ0) is 13.4. The monoisotopic (exact) mass is 249 g/mol. The average molecular weight is 249 g/mol. The Kier molecular flexibility index (Phi) is 5.50. The molecule has 0 unspecified atom stereocenters. The van der Waals surface area contributed by atoms with Crippen molar-refractivity contribution < 1.29 is 14.4 Å². The summed E-state index contributed by atoms with van der Waals surface area (Å²) in [6.45, 7) is 3.65. The maximum absolute atomic E-state index is 11.6. The van der Waals surface area contributed by atoms with Crippen LogP contribution in [0.3, 0.4) is 0 Å². The van der Waals surface area contributed by atoms with Crippen LogP contribution in [-0.4, -0.2) is 29.3 Å². The Morgan fingerprint density at radius 1 is 1.50 bits per heavy atom. The number of oxime groups is 1. The van der Waals surface area contributed by atoms with Gasteiger partial charge in [-0.15, -0.1) is 0 Å². The minimum Gasteiger partial charge on any atom is -0.465 e. The molecule has 0 spiro atoms. The maximum Gasteiger partial charge on any atom is 0.338 e. The van der Waals surface area contributed by atoms with E-state index in [0.29, 0.717) is 16.8 Å². The lowest BCUT2D eigenvalue weighted by Crippen LogP contribution is -2.08. The van der Waals surface area contributed by atoms with Gasteiger partial charge in [-0.05, 0) is 13.8 Å².